The van der Waals surface area contributed by atoms with Crippen LogP contribution in [0.2, 0.25) is 0 Å². The maximum absolute atomic E-state index is 10.3. The molecule has 5 heteroatoms. The van der Waals surface area contributed by atoms with Crippen LogP contribution in [0.15, 0.2) is 64.0 Å². The number of nitrogens with zero attached hydrogens (tertiary/aromatic N) is 2. The molecule has 1 heterocycles. The topological polar surface area (TPSA) is 67.9 Å². The minimum atomic E-state index is 0.0824. The highest BCUT2D eigenvalue weighted by Crippen LogP contribution is 2.30. The van der Waals surface area contributed by atoms with Crippen molar-refractivity contribution < 1.29 is 14.3 Å². The smallest absolute Gasteiger partial charge is 0.227 e. The van der Waals surface area contributed by atoms with Crippen molar-refractivity contribution in [3.05, 3.63) is 71.3 Å². The molecule has 4 rings (SSSR count). The van der Waals surface area contributed by atoms with Gasteiger partial charge < -0.3 is 14.3 Å². The van der Waals surface area contributed by atoms with Crippen LogP contribution in [0.1, 0.15) is 23.6 Å². The molecule has 0 bridgehead atoms. The van der Waals surface area contributed by atoms with Crippen molar-refractivity contribution in [1.29, 1.82) is 0 Å². The van der Waals surface area contributed by atoms with Gasteiger partial charge in [-0.1, -0.05) is 12.1 Å². The summed E-state index contributed by atoms with van der Waals surface area (Å²) in [4.78, 5) is 9.11. The minimum Gasteiger partial charge on any atom is -0.504 e. The number of phenols is 1. The first-order valence-electron chi connectivity index (χ1n) is 9.52. The lowest BCUT2D eigenvalue weighted by Gasteiger charge is -2.07. The lowest BCUT2D eigenvalue weighted by Crippen LogP contribution is -1.93. The molecule has 29 heavy (non-hydrogen) atoms. The van der Waals surface area contributed by atoms with Crippen molar-refractivity contribution in [2.24, 2.45) is 4.99 Å². The third kappa shape index (κ3) is 3.85. The molecule has 0 saturated carbocycles. The van der Waals surface area contributed by atoms with Gasteiger partial charge in [0.2, 0.25) is 5.89 Å². The zero-order valence-electron chi connectivity index (χ0n) is 16.6. The van der Waals surface area contributed by atoms with Gasteiger partial charge in [-0.05, 0) is 74.4 Å². The number of hydrogen-bond donors (Lipinski definition) is 1. The first-order valence-corrected chi connectivity index (χ1v) is 9.52. The second-order valence-electron chi connectivity index (χ2n) is 6.86. The monoisotopic (exact) mass is 386 g/mol. The number of phenolic OH excluding ortho intramolecular Hbond substituents is 1. The molecule has 0 fully saturated rings. The van der Waals surface area contributed by atoms with Crippen LogP contribution in [0.25, 0.3) is 22.6 Å². The number of rotatable bonds is 5. The summed E-state index contributed by atoms with van der Waals surface area (Å²) in [6.07, 6.45) is 1.62. The highest BCUT2D eigenvalue weighted by molar-refractivity contribution is 5.87. The molecule has 0 spiro atoms. The van der Waals surface area contributed by atoms with Crippen LogP contribution in [-0.2, 0) is 0 Å². The van der Waals surface area contributed by atoms with E-state index in [2.05, 4.69) is 23.8 Å². The molecule has 0 aliphatic heterocycles. The van der Waals surface area contributed by atoms with Gasteiger partial charge in [-0.2, -0.15) is 0 Å². The number of oxazole rings is 1. The van der Waals surface area contributed by atoms with Crippen molar-refractivity contribution >= 4 is 23.0 Å². The quantitative estimate of drug-likeness (QED) is 0.429. The predicted octanol–water partition coefficient (Wildman–Crippen LogP) is 5.97. The van der Waals surface area contributed by atoms with E-state index in [9.17, 15) is 5.11 Å². The highest BCUT2D eigenvalue weighted by Gasteiger charge is 2.10. The number of hydrogen-bond acceptors (Lipinski definition) is 5. The van der Waals surface area contributed by atoms with Crippen LogP contribution in [0.3, 0.4) is 0 Å². The Labute approximate surface area is 169 Å². The Hall–Kier alpha value is -3.60. The Kier molecular flexibility index (Phi) is 5.04. The van der Waals surface area contributed by atoms with Gasteiger partial charge >= 0.3 is 0 Å². The van der Waals surface area contributed by atoms with Crippen molar-refractivity contribution in [3.63, 3.8) is 0 Å². The summed E-state index contributed by atoms with van der Waals surface area (Å²) in [5.41, 5.74) is 6.15. The number of fused-ring (bicyclic) bond motifs is 1. The number of ether oxygens (including phenoxy) is 1. The number of aliphatic imine (C=N–C) groups is 1. The first kappa shape index (κ1) is 18.7. The average molecular weight is 386 g/mol. The maximum Gasteiger partial charge on any atom is 0.227 e. The molecular formula is C24H22N2O3. The molecule has 0 atom stereocenters. The molecule has 0 aliphatic rings. The van der Waals surface area contributed by atoms with Crippen molar-refractivity contribution in [3.8, 4) is 23.0 Å². The fraction of sp³-hybridized carbons (Fsp3) is 0.167. The lowest BCUT2D eigenvalue weighted by molar-refractivity contribution is 0.318. The Morgan fingerprint density at radius 2 is 1.86 bits per heavy atom. The summed E-state index contributed by atoms with van der Waals surface area (Å²) >= 11 is 0. The molecular weight excluding hydrogens is 364 g/mol. The van der Waals surface area contributed by atoms with Crippen molar-refractivity contribution in [2.75, 3.05) is 6.61 Å². The van der Waals surface area contributed by atoms with E-state index in [-0.39, 0.29) is 5.75 Å². The number of aromatic hydroxyl groups is 1. The van der Waals surface area contributed by atoms with Gasteiger partial charge in [0.1, 0.15) is 5.52 Å². The fourth-order valence-electron chi connectivity index (χ4n) is 3.08. The Bertz CT molecular complexity index is 1170. The van der Waals surface area contributed by atoms with Gasteiger partial charge in [-0.25, -0.2) is 4.98 Å². The van der Waals surface area contributed by atoms with E-state index in [4.69, 9.17) is 9.15 Å². The van der Waals surface area contributed by atoms with Gasteiger partial charge in [0.25, 0.3) is 0 Å². The van der Waals surface area contributed by atoms with Crippen LogP contribution < -0.4 is 4.74 Å². The largest absolute Gasteiger partial charge is 0.504 e. The molecule has 4 aromatic rings. The number of aryl methyl sites for hydroxylation is 2. The molecule has 1 aromatic heterocycles. The molecule has 3 aromatic carbocycles. The molecule has 0 saturated heterocycles. The maximum atomic E-state index is 10.3. The van der Waals surface area contributed by atoms with Crippen molar-refractivity contribution in [1.82, 2.24) is 4.98 Å². The van der Waals surface area contributed by atoms with Crippen LogP contribution >= 0.6 is 0 Å². The predicted molar refractivity (Wildman–Crippen MR) is 115 cm³/mol. The molecule has 0 radical (unpaired) electrons. The molecule has 5 nitrogen and oxygen atoms in total. The average Bonchev–Trinajstić information content (AvgIpc) is 3.12. The zero-order chi connectivity index (χ0) is 20.4. The van der Waals surface area contributed by atoms with Crippen LogP contribution in [0, 0.1) is 13.8 Å². The lowest BCUT2D eigenvalue weighted by atomic mass is 10.1. The zero-order valence-corrected chi connectivity index (χ0v) is 16.6. The first-order chi connectivity index (χ1) is 14.0. The van der Waals surface area contributed by atoms with Crippen LogP contribution in [-0.4, -0.2) is 22.9 Å². The molecule has 0 unspecified atom stereocenters. The molecule has 0 amide bonds. The third-order valence-corrected chi connectivity index (χ3v) is 4.78. The summed E-state index contributed by atoms with van der Waals surface area (Å²) in [5.74, 6) is 1.09. The summed E-state index contributed by atoms with van der Waals surface area (Å²) in [6, 6.07) is 17.0. The second-order valence-corrected chi connectivity index (χ2v) is 6.86. The number of para-hydroxylation sites is 1. The summed E-state index contributed by atoms with van der Waals surface area (Å²) in [7, 11) is 0. The Balaban J connectivity index is 1.64. The van der Waals surface area contributed by atoms with Gasteiger partial charge in [0.15, 0.2) is 17.1 Å². The Morgan fingerprint density at radius 1 is 1.07 bits per heavy atom. The number of benzene rings is 3. The Morgan fingerprint density at radius 3 is 2.69 bits per heavy atom. The van der Waals surface area contributed by atoms with E-state index in [1.807, 2.05) is 49.4 Å². The third-order valence-electron chi connectivity index (χ3n) is 4.78. The van der Waals surface area contributed by atoms with E-state index in [0.29, 0.717) is 23.8 Å². The van der Waals surface area contributed by atoms with E-state index in [1.54, 1.807) is 18.3 Å². The van der Waals surface area contributed by atoms with Gasteiger partial charge in [0, 0.05) is 17.3 Å². The van der Waals surface area contributed by atoms with E-state index >= 15 is 0 Å². The normalized spacial score (nSPS) is 11.4. The molecule has 1 N–H and O–H groups in total. The van der Waals surface area contributed by atoms with Gasteiger partial charge in [0.05, 0.1) is 12.3 Å². The van der Waals surface area contributed by atoms with Gasteiger partial charge in [-0.3, -0.25) is 4.99 Å². The van der Waals surface area contributed by atoms with E-state index in [0.717, 1.165) is 22.4 Å². The van der Waals surface area contributed by atoms with E-state index in [1.165, 1.54) is 11.1 Å². The molecule has 146 valence electrons. The second kappa shape index (κ2) is 7.80. The summed E-state index contributed by atoms with van der Waals surface area (Å²) in [6.45, 7) is 6.48. The fourth-order valence-corrected chi connectivity index (χ4v) is 3.08. The van der Waals surface area contributed by atoms with Crippen molar-refractivity contribution in [2.45, 2.75) is 20.8 Å². The molecule has 0 aliphatic carbocycles. The summed E-state index contributed by atoms with van der Waals surface area (Å²) in [5, 5.41) is 10.3. The minimum absolute atomic E-state index is 0.0824. The standard InChI is InChI=1S/C24H22N2O3/c1-4-28-21-10-6-8-18(23(21)27)14-25-19-9-5-7-17(13-19)24-26-20-11-15(2)16(3)12-22(20)29-24/h5-14,27H,4H2,1-3H3. The summed E-state index contributed by atoms with van der Waals surface area (Å²) < 4.78 is 11.4. The number of aromatic nitrogens is 1. The van der Waals surface area contributed by atoms with Crippen LogP contribution in [0.5, 0.6) is 11.5 Å². The van der Waals surface area contributed by atoms with Crippen LogP contribution in [0.4, 0.5) is 5.69 Å². The van der Waals surface area contributed by atoms with Gasteiger partial charge in [-0.15, -0.1) is 0 Å². The highest BCUT2D eigenvalue weighted by atomic mass is 16.5. The van der Waals surface area contributed by atoms with E-state index < -0.39 is 0 Å². The SMILES string of the molecule is CCOc1cccc(C=Nc2cccc(-c3nc4cc(C)c(C)cc4o3)c2)c1O.